The van der Waals surface area contributed by atoms with Crippen LogP contribution in [0.3, 0.4) is 0 Å². The maximum Gasteiger partial charge on any atom is 0.277 e. The predicted molar refractivity (Wildman–Crippen MR) is 65.5 cm³/mol. The van der Waals surface area contributed by atoms with Gasteiger partial charge in [-0.15, -0.1) is 0 Å². The van der Waals surface area contributed by atoms with Crippen LogP contribution in [0, 0.1) is 0 Å². The summed E-state index contributed by atoms with van der Waals surface area (Å²) in [6, 6.07) is 0.145. The predicted octanol–water partition coefficient (Wildman–Crippen LogP) is 0.305. The van der Waals surface area contributed by atoms with E-state index < -0.39 is 10.2 Å². The molecule has 1 saturated carbocycles. The average Bonchev–Trinajstić information content (AvgIpc) is 2.64. The molecule has 0 aromatic carbocycles. The lowest BCUT2D eigenvalue weighted by molar-refractivity contribution is 0.399. The Balaban J connectivity index is 2.18. The van der Waals surface area contributed by atoms with Gasteiger partial charge < -0.3 is 4.90 Å². The minimum absolute atomic E-state index is 0.145. The first-order valence-corrected chi connectivity index (χ1v) is 7.39. The van der Waals surface area contributed by atoms with Gasteiger partial charge in [0, 0.05) is 12.6 Å². The van der Waals surface area contributed by atoms with E-state index in [0.717, 1.165) is 38.6 Å². The van der Waals surface area contributed by atoms with Crippen LogP contribution in [0.4, 0.5) is 0 Å². The SMILES string of the molecule is CN(C)CCCNS(=O)(=O)NC1CCCC1. The maximum absolute atomic E-state index is 11.6. The van der Waals surface area contributed by atoms with Crippen LogP contribution in [-0.4, -0.2) is 46.5 Å². The second kappa shape index (κ2) is 6.54. The van der Waals surface area contributed by atoms with Crippen molar-refractivity contribution in [3.05, 3.63) is 0 Å². The molecule has 0 aromatic rings. The van der Waals surface area contributed by atoms with E-state index in [1.807, 2.05) is 19.0 Å². The van der Waals surface area contributed by atoms with Crippen LogP contribution in [0.1, 0.15) is 32.1 Å². The Morgan fingerprint density at radius 2 is 1.88 bits per heavy atom. The van der Waals surface area contributed by atoms with Crippen molar-refractivity contribution in [1.29, 1.82) is 0 Å². The lowest BCUT2D eigenvalue weighted by Gasteiger charge is -2.14. The van der Waals surface area contributed by atoms with E-state index in [0.29, 0.717) is 6.54 Å². The Labute approximate surface area is 98.8 Å². The van der Waals surface area contributed by atoms with Crippen molar-refractivity contribution >= 4 is 10.2 Å². The monoisotopic (exact) mass is 249 g/mol. The summed E-state index contributed by atoms with van der Waals surface area (Å²) in [4.78, 5) is 2.04. The Morgan fingerprint density at radius 1 is 1.25 bits per heavy atom. The van der Waals surface area contributed by atoms with Gasteiger partial charge >= 0.3 is 0 Å². The van der Waals surface area contributed by atoms with Crippen LogP contribution in [0.25, 0.3) is 0 Å². The molecule has 16 heavy (non-hydrogen) atoms. The van der Waals surface area contributed by atoms with E-state index in [4.69, 9.17) is 0 Å². The highest BCUT2D eigenvalue weighted by Crippen LogP contribution is 2.17. The molecule has 1 rings (SSSR count). The molecule has 0 atom stereocenters. The van der Waals surface area contributed by atoms with Gasteiger partial charge in [0.15, 0.2) is 0 Å². The molecule has 1 fully saturated rings. The van der Waals surface area contributed by atoms with Crippen molar-refractivity contribution in [2.75, 3.05) is 27.2 Å². The zero-order valence-electron chi connectivity index (χ0n) is 10.2. The van der Waals surface area contributed by atoms with E-state index in [9.17, 15) is 8.42 Å². The first-order valence-electron chi connectivity index (χ1n) is 5.91. The largest absolute Gasteiger partial charge is 0.309 e. The molecule has 0 amide bonds. The normalized spacial score (nSPS) is 18.4. The van der Waals surface area contributed by atoms with Crippen molar-refractivity contribution in [3.8, 4) is 0 Å². The summed E-state index contributed by atoms with van der Waals surface area (Å²) in [6.45, 7) is 1.40. The molecule has 0 unspecified atom stereocenters. The lowest BCUT2D eigenvalue weighted by atomic mass is 10.3. The quantitative estimate of drug-likeness (QED) is 0.638. The Kier molecular flexibility index (Phi) is 5.68. The molecule has 1 aliphatic rings. The third kappa shape index (κ3) is 5.79. The second-order valence-corrected chi connectivity index (χ2v) is 6.19. The highest BCUT2D eigenvalue weighted by atomic mass is 32.2. The minimum Gasteiger partial charge on any atom is -0.309 e. The summed E-state index contributed by atoms with van der Waals surface area (Å²) < 4.78 is 28.5. The third-order valence-electron chi connectivity index (χ3n) is 2.75. The highest BCUT2D eigenvalue weighted by Gasteiger charge is 2.20. The van der Waals surface area contributed by atoms with Crippen molar-refractivity contribution < 1.29 is 8.42 Å². The molecule has 0 heterocycles. The van der Waals surface area contributed by atoms with Gasteiger partial charge in [0.2, 0.25) is 0 Å². The molecular weight excluding hydrogens is 226 g/mol. The van der Waals surface area contributed by atoms with Gasteiger partial charge in [-0.05, 0) is 39.9 Å². The summed E-state index contributed by atoms with van der Waals surface area (Å²) >= 11 is 0. The van der Waals surface area contributed by atoms with Crippen molar-refractivity contribution in [2.45, 2.75) is 38.1 Å². The summed E-state index contributed by atoms with van der Waals surface area (Å²) in [5.41, 5.74) is 0. The molecule has 0 bridgehead atoms. The van der Waals surface area contributed by atoms with Gasteiger partial charge in [-0.3, -0.25) is 0 Å². The van der Waals surface area contributed by atoms with Crippen molar-refractivity contribution in [2.24, 2.45) is 0 Å². The van der Waals surface area contributed by atoms with Gasteiger partial charge in [-0.25, -0.2) is 4.72 Å². The fourth-order valence-corrected chi connectivity index (χ4v) is 3.08. The Bertz CT molecular complexity index is 284. The first-order chi connectivity index (χ1) is 7.49. The van der Waals surface area contributed by atoms with E-state index >= 15 is 0 Å². The Hall–Kier alpha value is -0.170. The smallest absolute Gasteiger partial charge is 0.277 e. The topological polar surface area (TPSA) is 61.4 Å². The third-order valence-corrected chi connectivity index (χ3v) is 3.98. The van der Waals surface area contributed by atoms with Crippen molar-refractivity contribution in [3.63, 3.8) is 0 Å². The fourth-order valence-electron chi connectivity index (χ4n) is 1.91. The van der Waals surface area contributed by atoms with E-state index in [1.165, 1.54) is 0 Å². The molecular formula is C10H23N3O2S. The minimum atomic E-state index is -3.28. The van der Waals surface area contributed by atoms with Crippen LogP contribution in [-0.2, 0) is 10.2 Å². The maximum atomic E-state index is 11.6. The fraction of sp³-hybridized carbons (Fsp3) is 1.00. The number of hydrogen-bond acceptors (Lipinski definition) is 3. The lowest BCUT2D eigenvalue weighted by Crippen LogP contribution is -2.42. The van der Waals surface area contributed by atoms with E-state index in [1.54, 1.807) is 0 Å². The molecule has 0 radical (unpaired) electrons. The van der Waals surface area contributed by atoms with Crippen LogP contribution in [0.2, 0.25) is 0 Å². The number of rotatable bonds is 7. The van der Waals surface area contributed by atoms with Gasteiger partial charge in [0.1, 0.15) is 0 Å². The molecule has 2 N–H and O–H groups in total. The van der Waals surface area contributed by atoms with Crippen LogP contribution >= 0.6 is 0 Å². The molecule has 0 aliphatic heterocycles. The number of nitrogens with zero attached hydrogens (tertiary/aromatic N) is 1. The number of nitrogens with one attached hydrogen (secondary N) is 2. The Morgan fingerprint density at radius 3 is 2.44 bits per heavy atom. The van der Waals surface area contributed by atoms with Gasteiger partial charge in [-0.1, -0.05) is 12.8 Å². The molecule has 5 nitrogen and oxygen atoms in total. The van der Waals surface area contributed by atoms with E-state index in [2.05, 4.69) is 9.44 Å². The zero-order valence-corrected chi connectivity index (χ0v) is 11.0. The molecule has 1 aliphatic carbocycles. The van der Waals surface area contributed by atoms with Crippen LogP contribution in [0.15, 0.2) is 0 Å². The standard InChI is InChI=1S/C10H23N3O2S/c1-13(2)9-5-8-11-16(14,15)12-10-6-3-4-7-10/h10-12H,3-9H2,1-2H3. The molecule has 0 spiro atoms. The molecule has 0 aromatic heterocycles. The summed E-state index contributed by atoms with van der Waals surface area (Å²) in [5.74, 6) is 0. The average molecular weight is 249 g/mol. The number of hydrogen-bond donors (Lipinski definition) is 2. The first kappa shape index (κ1) is 13.9. The van der Waals surface area contributed by atoms with Crippen LogP contribution < -0.4 is 9.44 Å². The second-order valence-electron chi connectivity index (χ2n) is 4.65. The van der Waals surface area contributed by atoms with E-state index in [-0.39, 0.29) is 6.04 Å². The van der Waals surface area contributed by atoms with Crippen LogP contribution in [0.5, 0.6) is 0 Å². The van der Waals surface area contributed by atoms with Gasteiger partial charge in [0.05, 0.1) is 0 Å². The summed E-state index contributed by atoms with van der Waals surface area (Å²) in [7, 11) is 0.673. The summed E-state index contributed by atoms with van der Waals surface area (Å²) in [5, 5.41) is 0. The molecule has 6 heteroatoms. The zero-order chi connectivity index (χ0) is 12.0. The molecule has 0 saturated heterocycles. The molecule has 96 valence electrons. The highest BCUT2D eigenvalue weighted by molar-refractivity contribution is 7.87. The van der Waals surface area contributed by atoms with Gasteiger partial charge in [-0.2, -0.15) is 13.1 Å². The van der Waals surface area contributed by atoms with Crippen molar-refractivity contribution in [1.82, 2.24) is 14.3 Å². The van der Waals surface area contributed by atoms with Gasteiger partial charge in [0.25, 0.3) is 10.2 Å². The summed E-state index contributed by atoms with van der Waals surface area (Å²) in [6.07, 6.45) is 5.04.